The largest absolute Gasteiger partial charge is 0.341 e. The molecule has 1 saturated heterocycles. The molecule has 27 heavy (non-hydrogen) atoms. The van der Waals surface area contributed by atoms with Crippen molar-refractivity contribution in [1.82, 2.24) is 9.21 Å². The summed E-state index contributed by atoms with van der Waals surface area (Å²) >= 11 is 6.91. The van der Waals surface area contributed by atoms with Gasteiger partial charge in [0.15, 0.2) is 5.66 Å². The molecule has 0 bridgehead atoms. The number of rotatable bonds is 7. The first-order valence-electron chi connectivity index (χ1n) is 8.77. The molecule has 3 rings (SSSR count). The molecular weight excluding hydrogens is 408 g/mol. The highest BCUT2D eigenvalue weighted by molar-refractivity contribution is 7.91. The first-order chi connectivity index (χ1) is 12.9. The van der Waals surface area contributed by atoms with Crippen molar-refractivity contribution < 1.29 is 13.2 Å². The minimum absolute atomic E-state index is 0.00537. The van der Waals surface area contributed by atoms with Crippen molar-refractivity contribution in [3.05, 3.63) is 16.5 Å². The smallest absolute Gasteiger partial charge is 0.252 e. The molecule has 1 amide bonds. The normalized spacial score (nSPS) is 19.5. The minimum atomic E-state index is -3.57. The topological polar surface area (TPSA) is 82.4 Å². The fraction of sp³-hybridized carbons (Fsp3) is 0.588. The number of sulfonamides is 1. The number of hydrogen-bond donors (Lipinski definition) is 0. The molecule has 2 aliphatic rings. The van der Waals surface area contributed by atoms with E-state index in [-0.39, 0.29) is 16.7 Å². The van der Waals surface area contributed by atoms with Gasteiger partial charge in [-0.2, -0.15) is 14.5 Å². The molecule has 146 valence electrons. The zero-order valence-corrected chi connectivity index (χ0v) is 17.2. The van der Waals surface area contributed by atoms with Gasteiger partial charge in [-0.3, -0.25) is 4.79 Å². The number of nitrogens with zero attached hydrogens (tertiary/aromatic N) is 4. The minimum Gasteiger partial charge on any atom is -0.341 e. The van der Waals surface area contributed by atoms with Crippen LogP contribution in [0.1, 0.15) is 32.1 Å². The molecule has 2 aliphatic heterocycles. The highest BCUT2D eigenvalue weighted by Gasteiger charge is 2.39. The summed E-state index contributed by atoms with van der Waals surface area (Å²) in [5.41, 5.74) is -0.471. The lowest BCUT2D eigenvalue weighted by Gasteiger charge is -2.22. The predicted octanol–water partition coefficient (Wildman–Crippen LogP) is 2.98. The maximum atomic E-state index is 12.7. The molecule has 1 fully saturated rings. The summed E-state index contributed by atoms with van der Waals surface area (Å²) in [6.07, 6.45) is 8.03. The lowest BCUT2D eigenvalue weighted by molar-refractivity contribution is -0.131. The van der Waals surface area contributed by atoms with Gasteiger partial charge < -0.3 is 4.90 Å². The van der Waals surface area contributed by atoms with Gasteiger partial charge in [0.2, 0.25) is 5.91 Å². The molecule has 7 nitrogen and oxygen atoms in total. The number of carbonyl (C=O) groups is 1. The van der Waals surface area contributed by atoms with Crippen molar-refractivity contribution in [2.45, 2.75) is 42.0 Å². The third-order valence-corrected chi connectivity index (χ3v) is 8.34. The number of terminal acetylenes is 1. The van der Waals surface area contributed by atoms with Crippen molar-refractivity contribution in [2.24, 2.45) is 10.2 Å². The molecular formula is C17H21ClN4O3S2. The molecule has 3 heterocycles. The van der Waals surface area contributed by atoms with E-state index in [0.29, 0.717) is 56.1 Å². The highest BCUT2D eigenvalue weighted by Crippen LogP contribution is 2.37. The van der Waals surface area contributed by atoms with E-state index < -0.39 is 15.7 Å². The number of thiophene rings is 1. The van der Waals surface area contributed by atoms with E-state index in [9.17, 15) is 13.2 Å². The van der Waals surface area contributed by atoms with Gasteiger partial charge in [0.1, 0.15) is 4.21 Å². The quantitative estimate of drug-likeness (QED) is 0.626. The van der Waals surface area contributed by atoms with Crippen LogP contribution in [0, 0.1) is 12.3 Å². The molecule has 10 heteroatoms. The van der Waals surface area contributed by atoms with Crippen LogP contribution in [-0.4, -0.2) is 55.4 Å². The van der Waals surface area contributed by atoms with Crippen LogP contribution in [0.3, 0.4) is 0 Å². The van der Waals surface area contributed by atoms with Crippen LogP contribution in [0.4, 0.5) is 0 Å². The van der Waals surface area contributed by atoms with E-state index in [2.05, 4.69) is 16.1 Å². The van der Waals surface area contributed by atoms with Crippen molar-refractivity contribution >= 4 is 38.9 Å². The molecule has 1 aromatic heterocycles. The Bertz CT molecular complexity index is 869. The second kappa shape index (κ2) is 8.27. The standard InChI is InChI=1S/C17H21ClN4O3S2/c1-2-3-8-17(19-20-17)9-7-15(23)21-10-4-11-22(13-12-21)27(24,25)16-6-5-14(18)26-16/h1,5-6H,3-4,7-13H2. The average molecular weight is 429 g/mol. The summed E-state index contributed by atoms with van der Waals surface area (Å²) < 4.78 is 27.6. The van der Waals surface area contributed by atoms with Crippen molar-refractivity contribution in [1.29, 1.82) is 0 Å². The van der Waals surface area contributed by atoms with Crippen molar-refractivity contribution in [3.63, 3.8) is 0 Å². The Morgan fingerprint density at radius 3 is 2.67 bits per heavy atom. The Morgan fingerprint density at radius 2 is 2.04 bits per heavy atom. The fourth-order valence-electron chi connectivity index (χ4n) is 3.08. The molecule has 0 aromatic carbocycles. The molecule has 0 N–H and O–H groups in total. The lowest BCUT2D eigenvalue weighted by Crippen LogP contribution is -2.37. The second-order valence-corrected chi connectivity index (χ2v) is 10.5. The molecule has 0 unspecified atom stereocenters. The van der Waals surface area contributed by atoms with Gasteiger partial charge in [-0.25, -0.2) is 8.42 Å². The zero-order chi connectivity index (χ0) is 19.5. The summed E-state index contributed by atoms with van der Waals surface area (Å²) in [6, 6.07) is 3.10. The van der Waals surface area contributed by atoms with Crippen LogP contribution in [0.2, 0.25) is 4.34 Å². The van der Waals surface area contributed by atoms with Gasteiger partial charge in [0.25, 0.3) is 10.0 Å². The van der Waals surface area contributed by atoms with Crippen LogP contribution in [0.25, 0.3) is 0 Å². The van der Waals surface area contributed by atoms with Gasteiger partial charge in [0, 0.05) is 51.9 Å². The SMILES string of the molecule is C#CCCC1(CCC(=O)N2CCCN(S(=O)(=O)c3ccc(Cl)s3)CC2)N=N1. The number of amides is 1. The highest BCUT2D eigenvalue weighted by atomic mass is 35.5. The predicted molar refractivity (Wildman–Crippen MR) is 104 cm³/mol. The molecule has 0 saturated carbocycles. The average Bonchev–Trinajstić information content (AvgIpc) is 3.35. The van der Waals surface area contributed by atoms with Crippen LogP contribution < -0.4 is 0 Å². The Kier molecular flexibility index (Phi) is 6.21. The second-order valence-electron chi connectivity index (χ2n) is 6.58. The fourth-order valence-corrected chi connectivity index (χ4v) is 6.19. The van der Waals surface area contributed by atoms with Gasteiger partial charge in [-0.05, 0) is 18.6 Å². The Hall–Kier alpha value is -1.47. The molecule has 0 atom stereocenters. The number of halogens is 1. The Balaban J connectivity index is 1.54. The first kappa shape index (κ1) is 20.3. The molecule has 1 aromatic rings. The van der Waals surface area contributed by atoms with E-state index in [4.69, 9.17) is 18.0 Å². The van der Waals surface area contributed by atoms with Crippen LogP contribution in [-0.2, 0) is 14.8 Å². The summed E-state index contributed by atoms with van der Waals surface area (Å²) in [4.78, 5) is 14.3. The molecule has 0 spiro atoms. The van der Waals surface area contributed by atoms with Gasteiger partial charge in [-0.15, -0.1) is 23.7 Å². The summed E-state index contributed by atoms with van der Waals surface area (Å²) in [5.74, 6) is 2.58. The maximum Gasteiger partial charge on any atom is 0.252 e. The van der Waals surface area contributed by atoms with Crippen LogP contribution in [0.5, 0.6) is 0 Å². The first-order valence-corrected chi connectivity index (χ1v) is 11.4. The van der Waals surface area contributed by atoms with Gasteiger partial charge in [0.05, 0.1) is 4.34 Å². The zero-order valence-electron chi connectivity index (χ0n) is 14.8. The summed E-state index contributed by atoms with van der Waals surface area (Å²) in [5, 5.41) is 8.10. The maximum absolute atomic E-state index is 12.7. The Labute approximate surface area is 168 Å². The van der Waals surface area contributed by atoms with E-state index in [1.165, 1.54) is 10.4 Å². The van der Waals surface area contributed by atoms with Crippen molar-refractivity contribution in [2.75, 3.05) is 26.2 Å². The summed E-state index contributed by atoms with van der Waals surface area (Å²) in [6.45, 7) is 1.59. The molecule has 0 radical (unpaired) electrons. The third kappa shape index (κ3) is 4.88. The third-order valence-electron chi connectivity index (χ3n) is 4.74. The van der Waals surface area contributed by atoms with Gasteiger partial charge in [-0.1, -0.05) is 11.6 Å². The van der Waals surface area contributed by atoms with E-state index in [1.807, 2.05) is 0 Å². The van der Waals surface area contributed by atoms with E-state index in [0.717, 1.165) is 11.3 Å². The lowest BCUT2D eigenvalue weighted by atomic mass is 10.0. The van der Waals surface area contributed by atoms with Crippen molar-refractivity contribution in [3.8, 4) is 12.3 Å². The Morgan fingerprint density at radius 1 is 1.26 bits per heavy atom. The van der Waals surface area contributed by atoms with Gasteiger partial charge >= 0.3 is 0 Å². The van der Waals surface area contributed by atoms with Crippen LogP contribution in [0.15, 0.2) is 26.6 Å². The van der Waals surface area contributed by atoms with Crippen LogP contribution >= 0.6 is 22.9 Å². The number of carbonyl (C=O) groups excluding carboxylic acids is 1. The molecule has 0 aliphatic carbocycles. The van der Waals surface area contributed by atoms with E-state index in [1.54, 1.807) is 11.0 Å². The summed E-state index contributed by atoms with van der Waals surface area (Å²) in [7, 11) is -3.57. The monoisotopic (exact) mass is 428 g/mol. The number of hydrogen-bond acceptors (Lipinski definition) is 6. The van der Waals surface area contributed by atoms with E-state index >= 15 is 0 Å².